The van der Waals surface area contributed by atoms with Gasteiger partial charge in [-0.05, 0) is 35.9 Å². The van der Waals surface area contributed by atoms with Crippen molar-refractivity contribution in [3.8, 4) is 0 Å². The van der Waals surface area contributed by atoms with E-state index < -0.39 is 28.9 Å². The second-order valence-electron chi connectivity index (χ2n) is 7.75. The van der Waals surface area contributed by atoms with Crippen LogP contribution in [0.1, 0.15) is 38.9 Å². The Hall–Kier alpha value is -4.54. The van der Waals surface area contributed by atoms with Crippen LogP contribution in [-0.2, 0) is 19.5 Å². The Kier molecular flexibility index (Phi) is 5.73. The molecule has 0 saturated carbocycles. The van der Waals surface area contributed by atoms with Gasteiger partial charge in [0.05, 0.1) is 18.8 Å². The summed E-state index contributed by atoms with van der Waals surface area (Å²) in [7, 11) is 0. The lowest BCUT2D eigenvalue weighted by Crippen LogP contribution is -2.33. The maximum atomic E-state index is 13.5. The fraction of sp³-hybridized carbons (Fsp3) is 0.125. The molecule has 1 aliphatic carbocycles. The summed E-state index contributed by atoms with van der Waals surface area (Å²) in [6.07, 6.45) is 5.64. The first-order chi connectivity index (χ1) is 16.9. The molecule has 0 radical (unpaired) electrons. The number of halogens is 3. The zero-order chi connectivity index (χ0) is 24.5. The van der Waals surface area contributed by atoms with E-state index in [0.29, 0.717) is 12.3 Å². The number of nitrogens with one attached hydrogen (secondary N) is 1. The molecule has 0 fully saturated rings. The number of benzene rings is 1. The third-order valence-corrected chi connectivity index (χ3v) is 5.45. The summed E-state index contributed by atoms with van der Waals surface area (Å²) in [6, 6.07) is 8.05. The average Bonchev–Trinajstić information content (AvgIpc) is 3.49. The fourth-order valence-electron chi connectivity index (χ4n) is 3.78. The van der Waals surface area contributed by atoms with Gasteiger partial charge in [0, 0.05) is 30.0 Å². The number of amides is 1. The molecular formula is C24H16F3N5O3. The number of carbonyl (C=O) groups excluding carboxylic acids is 1. The second-order valence-corrected chi connectivity index (χ2v) is 7.75. The van der Waals surface area contributed by atoms with Gasteiger partial charge in [0.2, 0.25) is 0 Å². The monoisotopic (exact) mass is 479 g/mol. The smallest absolute Gasteiger partial charge is 0.263 e. The van der Waals surface area contributed by atoms with Gasteiger partial charge in [0.25, 0.3) is 17.4 Å². The second kappa shape index (κ2) is 9.01. The van der Waals surface area contributed by atoms with Crippen LogP contribution in [0.25, 0.3) is 5.57 Å². The maximum Gasteiger partial charge on any atom is 0.263 e. The van der Waals surface area contributed by atoms with Crippen LogP contribution in [0.4, 0.5) is 13.2 Å². The van der Waals surface area contributed by atoms with Crippen molar-refractivity contribution >= 4 is 11.5 Å². The number of aromatic nitrogens is 4. The van der Waals surface area contributed by atoms with Crippen LogP contribution < -0.4 is 10.9 Å². The van der Waals surface area contributed by atoms with E-state index in [4.69, 9.17) is 4.52 Å². The predicted molar refractivity (Wildman–Crippen MR) is 117 cm³/mol. The van der Waals surface area contributed by atoms with Gasteiger partial charge in [-0.15, -0.1) is 0 Å². The van der Waals surface area contributed by atoms with Gasteiger partial charge >= 0.3 is 0 Å². The van der Waals surface area contributed by atoms with Crippen LogP contribution >= 0.6 is 0 Å². The number of allylic oxidation sites excluding steroid dienone is 1. The molecule has 1 N–H and O–H groups in total. The third kappa shape index (κ3) is 4.35. The summed E-state index contributed by atoms with van der Waals surface area (Å²) >= 11 is 0. The van der Waals surface area contributed by atoms with Crippen LogP contribution in [0.2, 0.25) is 0 Å². The molecule has 5 rings (SSSR count). The van der Waals surface area contributed by atoms with Gasteiger partial charge in [0.15, 0.2) is 23.3 Å². The average molecular weight is 479 g/mol. The molecule has 0 saturated heterocycles. The lowest BCUT2D eigenvalue weighted by atomic mass is 10.1. The number of hydrogen-bond acceptors (Lipinski definition) is 6. The lowest BCUT2D eigenvalue weighted by Gasteiger charge is -2.09. The summed E-state index contributed by atoms with van der Waals surface area (Å²) in [5.74, 6) is -4.52. The Labute approximate surface area is 195 Å². The molecule has 4 aromatic rings. The molecule has 1 aromatic carbocycles. The van der Waals surface area contributed by atoms with Gasteiger partial charge in [-0.1, -0.05) is 17.3 Å². The molecule has 0 aliphatic heterocycles. The van der Waals surface area contributed by atoms with Crippen LogP contribution in [0.5, 0.6) is 0 Å². The number of hydrogen-bond donors (Lipinski definition) is 1. The van der Waals surface area contributed by atoms with E-state index in [2.05, 4.69) is 20.4 Å². The summed E-state index contributed by atoms with van der Waals surface area (Å²) in [4.78, 5) is 34.0. The Balaban J connectivity index is 1.28. The van der Waals surface area contributed by atoms with E-state index in [1.54, 1.807) is 6.20 Å². The molecule has 1 amide bonds. The van der Waals surface area contributed by atoms with Crippen molar-refractivity contribution in [2.45, 2.75) is 19.5 Å². The van der Waals surface area contributed by atoms with Gasteiger partial charge in [0.1, 0.15) is 5.56 Å². The van der Waals surface area contributed by atoms with Gasteiger partial charge in [-0.25, -0.2) is 13.2 Å². The maximum absolute atomic E-state index is 13.5. The van der Waals surface area contributed by atoms with Crippen molar-refractivity contribution in [1.82, 2.24) is 25.0 Å². The zero-order valence-electron chi connectivity index (χ0n) is 18.0. The first kappa shape index (κ1) is 22.3. The number of carbonyl (C=O) groups is 1. The van der Waals surface area contributed by atoms with E-state index in [-0.39, 0.29) is 30.0 Å². The summed E-state index contributed by atoms with van der Waals surface area (Å²) < 4.78 is 46.6. The number of nitrogens with zero attached hydrogens (tertiary/aromatic N) is 4. The Morgan fingerprint density at radius 3 is 2.74 bits per heavy atom. The van der Waals surface area contributed by atoms with E-state index in [0.717, 1.165) is 33.5 Å². The van der Waals surface area contributed by atoms with Crippen molar-refractivity contribution in [3.63, 3.8) is 0 Å². The first-order valence-corrected chi connectivity index (χ1v) is 10.5. The van der Waals surface area contributed by atoms with Crippen molar-refractivity contribution in [1.29, 1.82) is 0 Å². The molecule has 176 valence electrons. The summed E-state index contributed by atoms with van der Waals surface area (Å²) in [6.45, 7) is -0.355. The minimum Gasteiger partial charge on any atom is -0.344 e. The van der Waals surface area contributed by atoms with Crippen molar-refractivity contribution in [2.75, 3.05) is 0 Å². The first-order valence-electron chi connectivity index (χ1n) is 10.5. The van der Waals surface area contributed by atoms with Gasteiger partial charge in [-0.3, -0.25) is 14.6 Å². The molecule has 0 unspecified atom stereocenters. The highest BCUT2D eigenvalue weighted by molar-refractivity contribution is 5.93. The molecule has 35 heavy (non-hydrogen) atoms. The van der Waals surface area contributed by atoms with E-state index >= 15 is 0 Å². The minimum absolute atomic E-state index is 0.0263. The molecule has 3 aromatic heterocycles. The molecule has 8 nitrogen and oxygen atoms in total. The highest BCUT2D eigenvalue weighted by Gasteiger charge is 2.22. The standard InChI is InChI=1S/C24H16F3N5O3/c25-17-9-13(10-18(26)21(17)27)12-32-8-2-4-16(24(32)34)22(33)29-11-20-30-23(35-31-20)15-5-6-19-14(15)3-1-7-28-19/h1-5,7-10H,6,11-12H2,(H,29,33). The van der Waals surface area contributed by atoms with Crippen LogP contribution in [0, 0.1) is 17.5 Å². The van der Waals surface area contributed by atoms with Crippen LogP contribution in [-0.4, -0.2) is 25.6 Å². The predicted octanol–water partition coefficient (Wildman–Crippen LogP) is 3.01. The topological polar surface area (TPSA) is 103 Å². The summed E-state index contributed by atoms with van der Waals surface area (Å²) in [5.41, 5.74) is 1.71. The molecule has 3 heterocycles. The zero-order valence-corrected chi connectivity index (χ0v) is 18.0. The number of pyridine rings is 2. The molecule has 0 spiro atoms. The minimum atomic E-state index is -1.59. The van der Waals surface area contributed by atoms with Gasteiger partial charge < -0.3 is 14.4 Å². The Morgan fingerprint density at radius 2 is 1.94 bits per heavy atom. The van der Waals surface area contributed by atoms with Crippen molar-refractivity contribution < 1.29 is 22.5 Å². The molecular weight excluding hydrogens is 463 g/mol. The highest BCUT2D eigenvalue weighted by Crippen LogP contribution is 2.30. The molecule has 11 heteroatoms. The summed E-state index contributed by atoms with van der Waals surface area (Å²) in [5, 5.41) is 6.43. The SMILES string of the molecule is O=C(NCc1noc(C2=CCc3ncccc32)n1)c1cccn(Cc2cc(F)c(F)c(F)c2)c1=O. The molecule has 0 atom stereocenters. The van der Waals surface area contributed by atoms with Crippen LogP contribution in [0.3, 0.4) is 0 Å². The quantitative estimate of drug-likeness (QED) is 0.427. The molecule has 1 aliphatic rings. The highest BCUT2D eigenvalue weighted by atomic mass is 19.2. The van der Waals surface area contributed by atoms with Gasteiger partial charge in [-0.2, -0.15) is 4.98 Å². The van der Waals surface area contributed by atoms with E-state index in [9.17, 15) is 22.8 Å². The van der Waals surface area contributed by atoms with Crippen molar-refractivity contribution in [3.05, 3.63) is 117 Å². The van der Waals surface area contributed by atoms with Crippen molar-refractivity contribution in [2.24, 2.45) is 0 Å². The molecule has 0 bridgehead atoms. The van der Waals surface area contributed by atoms with E-state index in [1.165, 1.54) is 18.3 Å². The number of fused-ring (bicyclic) bond motifs is 1. The Morgan fingerprint density at radius 1 is 1.14 bits per heavy atom. The third-order valence-electron chi connectivity index (χ3n) is 5.45. The Bertz CT molecular complexity index is 1520. The fourth-order valence-corrected chi connectivity index (χ4v) is 3.78. The van der Waals surface area contributed by atoms with Crippen LogP contribution in [0.15, 0.2) is 64.2 Å². The largest absolute Gasteiger partial charge is 0.344 e. The number of rotatable bonds is 6. The normalized spacial score (nSPS) is 12.4. The lowest BCUT2D eigenvalue weighted by molar-refractivity contribution is 0.0947. The van der Waals surface area contributed by atoms with E-state index in [1.807, 2.05) is 18.2 Å².